The van der Waals surface area contributed by atoms with Gasteiger partial charge in [-0.15, -0.1) is 0 Å². The first-order valence-electron chi connectivity index (χ1n) is 10.0. The van der Waals surface area contributed by atoms with Crippen LogP contribution in [0.25, 0.3) is 11.1 Å². The molecule has 0 unspecified atom stereocenters. The lowest BCUT2D eigenvalue weighted by Crippen LogP contribution is -2.26. The summed E-state index contributed by atoms with van der Waals surface area (Å²) in [4.78, 5) is 13.4. The molecule has 0 saturated carbocycles. The monoisotopic (exact) mass is 426 g/mol. The van der Waals surface area contributed by atoms with E-state index in [9.17, 15) is 4.79 Å². The predicted molar refractivity (Wildman–Crippen MR) is 122 cm³/mol. The standard InChI is InChI=1S/C26H19ClN2O2/c27-22-14-12-20(13-15-22)23-17-24(25-7-4-16-31-25)29(28-23)26(30)21-10-8-19(9-11-21)18-5-2-1-3-6-18/h1-16,24H,17H2/t24-/m0/s1. The van der Waals surface area contributed by atoms with Crippen LogP contribution in [0.4, 0.5) is 0 Å². The number of furan rings is 1. The van der Waals surface area contributed by atoms with Gasteiger partial charge in [0, 0.05) is 17.0 Å². The number of hydrogen-bond donors (Lipinski definition) is 0. The molecule has 0 spiro atoms. The van der Waals surface area contributed by atoms with Gasteiger partial charge in [-0.1, -0.05) is 66.2 Å². The van der Waals surface area contributed by atoms with Crippen molar-refractivity contribution in [2.45, 2.75) is 12.5 Å². The number of hydrazone groups is 1. The summed E-state index contributed by atoms with van der Waals surface area (Å²) in [6.45, 7) is 0. The number of hydrogen-bond acceptors (Lipinski definition) is 3. The van der Waals surface area contributed by atoms with Crippen molar-refractivity contribution in [1.29, 1.82) is 0 Å². The van der Waals surface area contributed by atoms with E-state index < -0.39 is 0 Å². The van der Waals surface area contributed by atoms with Crippen LogP contribution in [0.3, 0.4) is 0 Å². The van der Waals surface area contributed by atoms with E-state index in [2.05, 4.69) is 5.10 Å². The van der Waals surface area contributed by atoms with Crippen LogP contribution in [0.15, 0.2) is 107 Å². The lowest BCUT2D eigenvalue weighted by molar-refractivity contribution is 0.0693. The molecule has 1 atom stereocenters. The number of benzene rings is 3. The second-order valence-corrected chi connectivity index (χ2v) is 7.82. The molecular weight excluding hydrogens is 408 g/mol. The fourth-order valence-corrected chi connectivity index (χ4v) is 3.91. The first kappa shape index (κ1) is 19.3. The zero-order valence-electron chi connectivity index (χ0n) is 16.6. The predicted octanol–water partition coefficient (Wildman–Crippen LogP) is 6.59. The second-order valence-electron chi connectivity index (χ2n) is 7.38. The molecule has 2 heterocycles. The first-order valence-corrected chi connectivity index (χ1v) is 10.4. The van der Waals surface area contributed by atoms with Gasteiger partial charge in [0.2, 0.25) is 0 Å². The Kier molecular flexibility index (Phi) is 5.14. The fraction of sp³-hybridized carbons (Fsp3) is 0.0769. The van der Waals surface area contributed by atoms with Crippen molar-refractivity contribution in [2.24, 2.45) is 5.10 Å². The quantitative estimate of drug-likeness (QED) is 0.369. The third kappa shape index (κ3) is 3.90. The summed E-state index contributed by atoms with van der Waals surface area (Å²) in [6, 6.07) is 28.6. The van der Waals surface area contributed by atoms with Crippen LogP contribution >= 0.6 is 11.6 Å². The average Bonchev–Trinajstić information content (AvgIpc) is 3.50. The Bertz CT molecular complexity index is 1210. The Morgan fingerprint density at radius 1 is 0.839 bits per heavy atom. The molecular formula is C26H19ClN2O2. The molecule has 1 amide bonds. The summed E-state index contributed by atoms with van der Waals surface area (Å²) < 4.78 is 5.63. The molecule has 0 fully saturated rings. The maximum absolute atomic E-state index is 13.4. The Morgan fingerprint density at radius 3 is 2.19 bits per heavy atom. The van der Waals surface area contributed by atoms with Gasteiger partial charge in [-0.25, -0.2) is 5.01 Å². The number of carbonyl (C=O) groups excluding carboxylic acids is 1. The van der Waals surface area contributed by atoms with Crippen molar-refractivity contribution in [2.75, 3.05) is 0 Å². The molecule has 0 radical (unpaired) electrons. The molecule has 1 aliphatic heterocycles. The number of halogens is 1. The third-order valence-electron chi connectivity index (χ3n) is 5.41. The summed E-state index contributed by atoms with van der Waals surface area (Å²) in [7, 11) is 0. The van der Waals surface area contributed by atoms with Gasteiger partial charge in [0.1, 0.15) is 11.8 Å². The van der Waals surface area contributed by atoms with E-state index in [1.54, 1.807) is 6.26 Å². The SMILES string of the molecule is O=C(c1ccc(-c2ccccc2)cc1)N1N=C(c2ccc(Cl)cc2)C[C@H]1c1ccco1. The van der Waals surface area contributed by atoms with E-state index in [0.717, 1.165) is 22.4 Å². The molecule has 1 aliphatic rings. The molecule has 152 valence electrons. The minimum atomic E-state index is -0.290. The number of rotatable bonds is 4. The third-order valence-corrected chi connectivity index (χ3v) is 5.66. The van der Waals surface area contributed by atoms with Gasteiger partial charge in [-0.3, -0.25) is 4.79 Å². The lowest BCUT2D eigenvalue weighted by atomic mass is 10.0. The topological polar surface area (TPSA) is 45.8 Å². The summed E-state index contributed by atoms with van der Waals surface area (Å²) in [6.07, 6.45) is 2.19. The first-order chi connectivity index (χ1) is 15.2. The van der Waals surface area contributed by atoms with Crippen molar-refractivity contribution in [3.05, 3.63) is 119 Å². The van der Waals surface area contributed by atoms with Crippen molar-refractivity contribution in [3.63, 3.8) is 0 Å². The van der Waals surface area contributed by atoms with E-state index >= 15 is 0 Å². The second kappa shape index (κ2) is 8.25. The van der Waals surface area contributed by atoms with Crippen molar-refractivity contribution in [3.8, 4) is 11.1 Å². The van der Waals surface area contributed by atoms with Gasteiger partial charge in [-0.05, 0) is 53.1 Å². The largest absolute Gasteiger partial charge is 0.467 e. The zero-order valence-corrected chi connectivity index (χ0v) is 17.4. The maximum atomic E-state index is 13.4. The van der Waals surface area contributed by atoms with Gasteiger partial charge >= 0.3 is 0 Å². The van der Waals surface area contributed by atoms with E-state index in [4.69, 9.17) is 16.0 Å². The van der Waals surface area contributed by atoms with Gasteiger partial charge in [-0.2, -0.15) is 5.10 Å². The van der Waals surface area contributed by atoms with Crippen LogP contribution in [0, 0.1) is 0 Å². The van der Waals surface area contributed by atoms with Crippen LogP contribution in [0.2, 0.25) is 5.02 Å². The molecule has 5 rings (SSSR count). The summed E-state index contributed by atoms with van der Waals surface area (Å²) in [5, 5.41) is 6.87. The summed E-state index contributed by atoms with van der Waals surface area (Å²) >= 11 is 6.03. The van der Waals surface area contributed by atoms with Crippen LogP contribution in [0.1, 0.15) is 34.1 Å². The smallest absolute Gasteiger partial charge is 0.274 e. The molecule has 3 aromatic carbocycles. The highest BCUT2D eigenvalue weighted by Crippen LogP contribution is 2.34. The molecule has 0 saturated heterocycles. The Hall–Kier alpha value is -3.63. The highest BCUT2D eigenvalue weighted by molar-refractivity contribution is 6.30. The molecule has 0 bridgehead atoms. The minimum Gasteiger partial charge on any atom is -0.467 e. The van der Waals surface area contributed by atoms with E-state index in [1.807, 2.05) is 91.0 Å². The highest BCUT2D eigenvalue weighted by atomic mass is 35.5. The molecule has 0 N–H and O–H groups in total. The van der Waals surface area contributed by atoms with Crippen molar-refractivity contribution >= 4 is 23.2 Å². The Morgan fingerprint density at radius 2 is 1.52 bits per heavy atom. The van der Waals surface area contributed by atoms with Crippen molar-refractivity contribution in [1.82, 2.24) is 5.01 Å². The van der Waals surface area contributed by atoms with Gasteiger partial charge < -0.3 is 4.42 Å². The molecule has 4 aromatic rings. The summed E-state index contributed by atoms with van der Waals surface area (Å²) in [5.41, 5.74) is 4.52. The number of amides is 1. The van der Waals surface area contributed by atoms with Gasteiger partial charge in [0.15, 0.2) is 0 Å². The molecule has 1 aromatic heterocycles. The van der Waals surface area contributed by atoms with Crippen LogP contribution in [-0.4, -0.2) is 16.6 Å². The van der Waals surface area contributed by atoms with Crippen LogP contribution in [-0.2, 0) is 0 Å². The highest BCUT2D eigenvalue weighted by Gasteiger charge is 2.35. The molecule has 4 nitrogen and oxygen atoms in total. The number of nitrogens with zero attached hydrogens (tertiary/aromatic N) is 2. The number of carbonyl (C=O) groups is 1. The normalized spacial score (nSPS) is 15.7. The summed E-state index contributed by atoms with van der Waals surface area (Å²) in [5.74, 6) is 0.548. The average molecular weight is 427 g/mol. The van der Waals surface area contributed by atoms with Gasteiger partial charge in [0.05, 0.1) is 12.0 Å². The molecule has 31 heavy (non-hydrogen) atoms. The Balaban J connectivity index is 1.46. The fourth-order valence-electron chi connectivity index (χ4n) is 3.79. The molecule has 5 heteroatoms. The molecule has 0 aliphatic carbocycles. The van der Waals surface area contributed by atoms with E-state index in [-0.39, 0.29) is 11.9 Å². The Labute approximate surface area is 185 Å². The van der Waals surface area contributed by atoms with Gasteiger partial charge in [0.25, 0.3) is 5.91 Å². The van der Waals surface area contributed by atoms with E-state index in [1.165, 1.54) is 5.01 Å². The van der Waals surface area contributed by atoms with Crippen LogP contribution < -0.4 is 0 Å². The van der Waals surface area contributed by atoms with Crippen molar-refractivity contribution < 1.29 is 9.21 Å². The minimum absolute atomic E-state index is 0.162. The van der Waals surface area contributed by atoms with Crippen LogP contribution in [0.5, 0.6) is 0 Å². The maximum Gasteiger partial charge on any atom is 0.274 e. The van der Waals surface area contributed by atoms with E-state index in [0.29, 0.717) is 22.8 Å². The zero-order chi connectivity index (χ0) is 21.2. The lowest BCUT2D eigenvalue weighted by Gasteiger charge is -2.20.